The smallest absolute Gasteiger partial charge is 0.339 e. The average molecular weight is 519 g/mol. The van der Waals surface area contributed by atoms with Gasteiger partial charge in [0.2, 0.25) is 5.89 Å². The van der Waals surface area contributed by atoms with Crippen LogP contribution in [0.1, 0.15) is 45.9 Å². The second-order valence-electron chi connectivity index (χ2n) is 9.15. The van der Waals surface area contributed by atoms with Crippen LogP contribution in [0.15, 0.2) is 83.3 Å². The number of nitro groups is 1. The quantitative estimate of drug-likeness (QED) is 0.143. The van der Waals surface area contributed by atoms with E-state index >= 15 is 0 Å². The van der Waals surface area contributed by atoms with Crippen molar-refractivity contribution < 1.29 is 18.9 Å². The van der Waals surface area contributed by atoms with Gasteiger partial charge >= 0.3 is 5.97 Å². The molecule has 2 aromatic heterocycles. The molecule has 0 saturated heterocycles. The molecule has 0 N–H and O–H groups in total. The fourth-order valence-corrected chi connectivity index (χ4v) is 4.85. The van der Waals surface area contributed by atoms with Gasteiger partial charge in [0.25, 0.3) is 11.6 Å². The van der Waals surface area contributed by atoms with Crippen LogP contribution in [-0.2, 0) is 17.8 Å². The van der Waals surface area contributed by atoms with Crippen molar-refractivity contribution in [3.63, 3.8) is 0 Å². The molecule has 0 radical (unpaired) electrons. The Morgan fingerprint density at radius 1 is 1.00 bits per heavy atom. The van der Waals surface area contributed by atoms with Crippen LogP contribution in [0.25, 0.3) is 34.0 Å². The number of esters is 1. The summed E-state index contributed by atoms with van der Waals surface area (Å²) in [6, 6.07) is 23.3. The van der Waals surface area contributed by atoms with Crippen LogP contribution in [0.3, 0.4) is 0 Å². The molecule has 9 nitrogen and oxygen atoms in total. The first-order valence-corrected chi connectivity index (χ1v) is 12.5. The Morgan fingerprint density at radius 3 is 2.67 bits per heavy atom. The molecule has 192 valence electrons. The Labute approximate surface area is 222 Å². The van der Waals surface area contributed by atoms with Gasteiger partial charge in [-0.05, 0) is 60.2 Å². The number of hydrogen-bond donors (Lipinski definition) is 0. The number of aromatic nitrogens is 3. The molecule has 0 aliphatic heterocycles. The molecule has 3 aromatic carbocycles. The molecule has 39 heavy (non-hydrogen) atoms. The van der Waals surface area contributed by atoms with Gasteiger partial charge in [0.1, 0.15) is 0 Å². The molecule has 0 unspecified atom stereocenters. The van der Waals surface area contributed by atoms with Crippen LogP contribution in [-0.4, -0.2) is 26.1 Å². The van der Waals surface area contributed by atoms with Crippen molar-refractivity contribution in [3.05, 3.63) is 117 Å². The number of carbonyl (C=O) groups is 1. The first-order valence-electron chi connectivity index (χ1n) is 12.5. The predicted octanol–water partition coefficient (Wildman–Crippen LogP) is 6.43. The third kappa shape index (κ3) is 4.89. The lowest BCUT2D eigenvalue weighted by atomic mass is 9.86. The predicted molar refractivity (Wildman–Crippen MR) is 145 cm³/mol. The minimum atomic E-state index is -0.499. The van der Waals surface area contributed by atoms with E-state index in [1.54, 1.807) is 6.07 Å². The summed E-state index contributed by atoms with van der Waals surface area (Å²) in [6.45, 7) is -0.166. The van der Waals surface area contributed by atoms with E-state index in [0.29, 0.717) is 40.0 Å². The fraction of sp³-hybridized carbons (Fsp3) is 0.133. The lowest BCUT2D eigenvalue weighted by Gasteiger charge is -2.22. The van der Waals surface area contributed by atoms with Crippen molar-refractivity contribution in [1.29, 1.82) is 0 Å². The highest BCUT2D eigenvalue weighted by Crippen LogP contribution is 2.37. The number of hydrogen-bond acceptors (Lipinski definition) is 8. The molecule has 0 fully saturated rings. The monoisotopic (exact) mass is 518 g/mol. The fourth-order valence-electron chi connectivity index (χ4n) is 4.85. The van der Waals surface area contributed by atoms with E-state index < -0.39 is 10.9 Å². The topological polar surface area (TPSA) is 121 Å². The summed E-state index contributed by atoms with van der Waals surface area (Å²) in [4.78, 5) is 29.3. The molecular weight excluding hydrogens is 496 g/mol. The molecule has 1 aliphatic carbocycles. The van der Waals surface area contributed by atoms with Crippen molar-refractivity contribution in [2.45, 2.75) is 25.9 Å². The standard InChI is InChI=1S/C30H22N4O5/c35-30(38-18-26-32-33-29(39-26)20-9-2-1-3-10-20)27-23-13-4-5-15-25(23)31-28-21(11-7-14-24(27)28)16-19-8-6-12-22(17-19)34(36)37/h1-6,8-10,12-13,15-17H,7,11,14,18H2/b21-16-. The van der Waals surface area contributed by atoms with Crippen LogP contribution in [0.4, 0.5) is 5.69 Å². The van der Waals surface area contributed by atoms with Gasteiger partial charge in [-0.3, -0.25) is 10.1 Å². The van der Waals surface area contributed by atoms with Gasteiger partial charge in [-0.1, -0.05) is 48.5 Å². The Kier molecular flexibility index (Phi) is 6.38. The third-order valence-corrected chi connectivity index (χ3v) is 6.61. The Balaban J connectivity index is 1.34. The van der Waals surface area contributed by atoms with Gasteiger partial charge in [-0.25, -0.2) is 9.78 Å². The summed E-state index contributed by atoms with van der Waals surface area (Å²) in [5.74, 6) is 0.0471. The zero-order chi connectivity index (χ0) is 26.8. The highest BCUT2D eigenvalue weighted by atomic mass is 16.6. The van der Waals surface area contributed by atoms with E-state index in [0.717, 1.165) is 29.5 Å². The van der Waals surface area contributed by atoms with Gasteiger partial charge in [0.05, 0.1) is 21.7 Å². The summed E-state index contributed by atoms with van der Waals surface area (Å²) in [6.07, 6.45) is 4.10. The highest BCUT2D eigenvalue weighted by Gasteiger charge is 2.26. The van der Waals surface area contributed by atoms with E-state index in [-0.39, 0.29) is 18.2 Å². The van der Waals surface area contributed by atoms with Crippen molar-refractivity contribution in [2.75, 3.05) is 0 Å². The number of pyridine rings is 1. The molecule has 5 aromatic rings. The maximum atomic E-state index is 13.5. The Morgan fingerprint density at radius 2 is 1.82 bits per heavy atom. The summed E-state index contributed by atoms with van der Waals surface area (Å²) in [5.41, 5.74) is 5.06. The summed E-state index contributed by atoms with van der Waals surface area (Å²) in [5, 5.41) is 20.0. The van der Waals surface area contributed by atoms with E-state index in [1.807, 2.05) is 66.7 Å². The lowest BCUT2D eigenvalue weighted by Crippen LogP contribution is -2.15. The first kappa shape index (κ1) is 24.2. The van der Waals surface area contributed by atoms with Crippen LogP contribution in [0.2, 0.25) is 0 Å². The maximum Gasteiger partial charge on any atom is 0.339 e. The van der Waals surface area contributed by atoms with Crippen molar-refractivity contribution in [2.24, 2.45) is 0 Å². The van der Waals surface area contributed by atoms with Crippen LogP contribution in [0, 0.1) is 10.1 Å². The van der Waals surface area contributed by atoms with E-state index in [4.69, 9.17) is 14.1 Å². The number of benzene rings is 3. The minimum Gasteiger partial charge on any atom is -0.452 e. The number of non-ortho nitro benzene ring substituents is 1. The molecule has 2 heterocycles. The number of rotatable bonds is 6. The van der Waals surface area contributed by atoms with Gasteiger partial charge in [-0.15, -0.1) is 10.2 Å². The number of nitro benzene ring substituents is 1. The minimum absolute atomic E-state index is 0.0209. The van der Waals surface area contributed by atoms with Crippen LogP contribution >= 0.6 is 0 Å². The van der Waals surface area contributed by atoms with Gasteiger partial charge in [-0.2, -0.15) is 0 Å². The molecule has 0 atom stereocenters. The number of para-hydroxylation sites is 1. The maximum absolute atomic E-state index is 13.5. The third-order valence-electron chi connectivity index (χ3n) is 6.61. The summed E-state index contributed by atoms with van der Waals surface area (Å²) >= 11 is 0. The molecule has 0 saturated carbocycles. The molecule has 9 heteroatoms. The molecule has 0 amide bonds. The van der Waals surface area contributed by atoms with Crippen LogP contribution < -0.4 is 0 Å². The second-order valence-corrected chi connectivity index (χ2v) is 9.15. The van der Waals surface area contributed by atoms with E-state index in [1.165, 1.54) is 12.1 Å². The number of ether oxygens (including phenoxy) is 1. The number of carbonyl (C=O) groups excluding carboxylic acids is 1. The van der Waals surface area contributed by atoms with E-state index in [9.17, 15) is 14.9 Å². The molecular formula is C30H22N4O5. The summed E-state index contributed by atoms with van der Waals surface area (Å²) < 4.78 is 11.4. The lowest BCUT2D eigenvalue weighted by molar-refractivity contribution is -0.384. The SMILES string of the molecule is O=C(OCc1nnc(-c2ccccc2)o1)c1c2c(nc3ccccc13)/C(=C\c1cccc([N+](=O)[O-])c1)CCC2. The Bertz CT molecular complexity index is 1740. The van der Waals surface area contributed by atoms with Crippen molar-refractivity contribution >= 4 is 34.2 Å². The zero-order valence-corrected chi connectivity index (χ0v) is 20.7. The van der Waals surface area contributed by atoms with Gasteiger partial charge < -0.3 is 9.15 Å². The van der Waals surface area contributed by atoms with Crippen molar-refractivity contribution in [3.8, 4) is 11.5 Å². The zero-order valence-electron chi connectivity index (χ0n) is 20.7. The number of allylic oxidation sites excluding steroid dienone is 1. The second kappa shape index (κ2) is 10.3. The van der Waals surface area contributed by atoms with Crippen molar-refractivity contribution in [1.82, 2.24) is 15.2 Å². The molecule has 0 spiro atoms. The summed E-state index contributed by atoms with van der Waals surface area (Å²) in [7, 11) is 0. The largest absolute Gasteiger partial charge is 0.452 e. The molecule has 1 aliphatic rings. The first-order chi connectivity index (χ1) is 19.1. The van der Waals surface area contributed by atoms with E-state index in [2.05, 4.69) is 10.2 Å². The number of nitrogens with zero attached hydrogens (tertiary/aromatic N) is 4. The van der Waals surface area contributed by atoms with Crippen LogP contribution in [0.5, 0.6) is 0 Å². The average Bonchev–Trinajstić information content (AvgIpc) is 3.45. The molecule has 6 rings (SSSR count). The van der Waals surface area contributed by atoms with Gasteiger partial charge in [0, 0.05) is 23.1 Å². The number of fused-ring (bicyclic) bond motifs is 2. The normalized spacial score (nSPS) is 13.8. The Hall–Kier alpha value is -5.18. The highest BCUT2D eigenvalue weighted by molar-refractivity contribution is 6.06. The van der Waals surface area contributed by atoms with Gasteiger partial charge in [0.15, 0.2) is 6.61 Å². The molecule has 0 bridgehead atoms.